The summed E-state index contributed by atoms with van der Waals surface area (Å²) in [6.45, 7) is 5.82. The fraction of sp³-hybridized carbons (Fsp3) is 0.500. The van der Waals surface area contributed by atoms with E-state index in [1.807, 2.05) is 49.4 Å². The van der Waals surface area contributed by atoms with Crippen molar-refractivity contribution in [2.24, 2.45) is 0 Å². The quantitative estimate of drug-likeness (QED) is 0.770. The van der Waals surface area contributed by atoms with Gasteiger partial charge in [-0.2, -0.15) is 0 Å². The Morgan fingerprint density at radius 3 is 2.11 bits per heavy atom. The molecule has 0 spiro atoms. The molecule has 0 heterocycles. The molecular formula is C12H15F3INO. The second kappa shape index (κ2) is 5.14. The fourth-order valence-electron chi connectivity index (χ4n) is 1.64. The molecule has 18 heavy (non-hydrogen) atoms. The summed E-state index contributed by atoms with van der Waals surface area (Å²) in [6.07, 6.45) is -4.69. The number of anilines is 1. The summed E-state index contributed by atoms with van der Waals surface area (Å²) in [5.74, 6) is -0.193. The van der Waals surface area contributed by atoms with E-state index < -0.39 is 6.36 Å². The van der Waals surface area contributed by atoms with Crippen LogP contribution in [-0.4, -0.2) is 13.4 Å². The van der Waals surface area contributed by atoms with Gasteiger partial charge in [0.05, 0.1) is 5.69 Å². The van der Waals surface area contributed by atoms with Crippen molar-refractivity contribution >= 4 is 28.3 Å². The van der Waals surface area contributed by atoms with Crippen molar-refractivity contribution in [2.75, 3.05) is 12.4 Å². The van der Waals surface area contributed by atoms with Crippen LogP contribution in [0.3, 0.4) is 0 Å². The summed E-state index contributed by atoms with van der Waals surface area (Å²) < 4.78 is 41.9. The third-order valence-electron chi connectivity index (χ3n) is 2.35. The molecule has 2 nitrogen and oxygen atoms in total. The summed E-state index contributed by atoms with van der Waals surface area (Å²) in [6, 6.07) is 3.23. The van der Waals surface area contributed by atoms with E-state index in [1.165, 1.54) is 6.07 Å². The van der Waals surface area contributed by atoms with E-state index in [-0.39, 0.29) is 11.2 Å². The van der Waals surface area contributed by atoms with Gasteiger partial charge in [-0.05, 0) is 45.7 Å². The molecule has 0 saturated carbocycles. The molecule has 0 aromatic heterocycles. The Kier molecular flexibility index (Phi) is 4.40. The van der Waals surface area contributed by atoms with E-state index in [1.54, 1.807) is 7.05 Å². The third kappa shape index (κ3) is 3.93. The van der Waals surface area contributed by atoms with Gasteiger partial charge < -0.3 is 10.1 Å². The molecule has 0 aliphatic carbocycles. The zero-order valence-electron chi connectivity index (χ0n) is 10.6. The number of rotatable bonds is 2. The highest BCUT2D eigenvalue weighted by Gasteiger charge is 2.33. The SMILES string of the molecule is CNc1c(OC(F)(F)F)cc(I)cc1C(C)(C)C. The predicted molar refractivity (Wildman–Crippen MR) is 74.1 cm³/mol. The highest BCUT2D eigenvalue weighted by Crippen LogP contribution is 2.39. The summed E-state index contributed by atoms with van der Waals surface area (Å²) in [7, 11) is 1.58. The zero-order chi connectivity index (χ0) is 14.1. The Labute approximate surface area is 118 Å². The number of halogens is 4. The molecule has 1 aromatic rings. The smallest absolute Gasteiger partial charge is 0.404 e. The van der Waals surface area contributed by atoms with Gasteiger partial charge in [0.2, 0.25) is 0 Å². The Morgan fingerprint density at radius 1 is 1.17 bits per heavy atom. The van der Waals surface area contributed by atoms with Crippen molar-refractivity contribution in [3.63, 3.8) is 0 Å². The lowest BCUT2D eigenvalue weighted by molar-refractivity contribution is -0.274. The standard InChI is InChI=1S/C12H15F3INO/c1-11(2,3)8-5-7(16)6-9(10(8)17-4)18-12(13,14)15/h5-6,17H,1-4H3. The minimum absolute atomic E-state index is 0.193. The highest BCUT2D eigenvalue weighted by atomic mass is 127. The molecule has 0 aliphatic rings. The van der Waals surface area contributed by atoms with E-state index in [0.717, 1.165) is 5.56 Å². The van der Waals surface area contributed by atoms with Gasteiger partial charge >= 0.3 is 6.36 Å². The van der Waals surface area contributed by atoms with Crippen LogP contribution in [0.2, 0.25) is 0 Å². The predicted octanol–water partition coefficient (Wildman–Crippen LogP) is 4.53. The number of hydrogen-bond acceptors (Lipinski definition) is 2. The minimum atomic E-state index is -4.69. The fourth-order valence-corrected chi connectivity index (χ4v) is 2.23. The average molecular weight is 373 g/mol. The maximum atomic E-state index is 12.4. The Bertz CT molecular complexity index is 438. The molecule has 0 aliphatic heterocycles. The molecule has 1 N–H and O–H groups in total. The van der Waals surface area contributed by atoms with Crippen LogP contribution < -0.4 is 10.1 Å². The minimum Gasteiger partial charge on any atom is -0.404 e. The van der Waals surface area contributed by atoms with Crippen molar-refractivity contribution in [1.29, 1.82) is 0 Å². The van der Waals surface area contributed by atoms with Gasteiger partial charge in [0, 0.05) is 10.6 Å². The molecule has 0 unspecified atom stereocenters. The van der Waals surface area contributed by atoms with Crippen LogP contribution in [-0.2, 0) is 5.41 Å². The van der Waals surface area contributed by atoms with Crippen molar-refractivity contribution < 1.29 is 17.9 Å². The van der Waals surface area contributed by atoms with Crippen LogP contribution in [0.4, 0.5) is 18.9 Å². The number of hydrogen-bond donors (Lipinski definition) is 1. The van der Waals surface area contributed by atoms with E-state index in [0.29, 0.717) is 9.26 Å². The summed E-state index contributed by atoms with van der Waals surface area (Å²) in [5.41, 5.74) is 0.889. The summed E-state index contributed by atoms with van der Waals surface area (Å²) in [4.78, 5) is 0. The van der Waals surface area contributed by atoms with E-state index in [4.69, 9.17) is 0 Å². The van der Waals surface area contributed by atoms with E-state index >= 15 is 0 Å². The molecule has 0 radical (unpaired) electrons. The second-order valence-corrected chi connectivity index (χ2v) is 6.12. The van der Waals surface area contributed by atoms with Crippen LogP contribution in [0.25, 0.3) is 0 Å². The maximum Gasteiger partial charge on any atom is 0.573 e. The summed E-state index contributed by atoms with van der Waals surface area (Å²) in [5, 5.41) is 2.79. The van der Waals surface area contributed by atoms with Gasteiger partial charge in [0.25, 0.3) is 0 Å². The van der Waals surface area contributed by atoms with Crippen LogP contribution in [0.5, 0.6) is 5.75 Å². The first kappa shape index (κ1) is 15.4. The topological polar surface area (TPSA) is 21.3 Å². The number of ether oxygens (including phenoxy) is 1. The molecule has 0 saturated heterocycles. The first-order valence-electron chi connectivity index (χ1n) is 5.32. The Hall–Kier alpha value is -0.660. The van der Waals surface area contributed by atoms with Gasteiger partial charge in [-0.3, -0.25) is 0 Å². The molecule has 0 atom stereocenters. The lowest BCUT2D eigenvalue weighted by atomic mass is 9.85. The van der Waals surface area contributed by atoms with Crippen LogP contribution in [0.1, 0.15) is 26.3 Å². The Morgan fingerprint density at radius 2 is 1.72 bits per heavy atom. The summed E-state index contributed by atoms with van der Waals surface area (Å²) >= 11 is 1.98. The van der Waals surface area contributed by atoms with Crippen LogP contribution in [0, 0.1) is 3.57 Å². The van der Waals surface area contributed by atoms with Crippen molar-refractivity contribution in [3.8, 4) is 5.75 Å². The van der Waals surface area contributed by atoms with Gasteiger partial charge in [-0.1, -0.05) is 20.8 Å². The van der Waals surface area contributed by atoms with Gasteiger partial charge in [-0.15, -0.1) is 13.2 Å². The maximum absolute atomic E-state index is 12.4. The van der Waals surface area contributed by atoms with Crippen molar-refractivity contribution in [2.45, 2.75) is 32.5 Å². The highest BCUT2D eigenvalue weighted by molar-refractivity contribution is 14.1. The first-order valence-corrected chi connectivity index (χ1v) is 6.40. The molecule has 0 fully saturated rings. The lowest BCUT2D eigenvalue weighted by Crippen LogP contribution is -2.20. The molecule has 0 amide bonds. The third-order valence-corrected chi connectivity index (χ3v) is 2.97. The zero-order valence-corrected chi connectivity index (χ0v) is 12.7. The van der Waals surface area contributed by atoms with Crippen LogP contribution >= 0.6 is 22.6 Å². The Balaban J connectivity index is 3.39. The number of alkyl halides is 3. The molecule has 102 valence electrons. The normalized spacial score (nSPS) is 12.4. The lowest BCUT2D eigenvalue weighted by Gasteiger charge is -2.25. The van der Waals surface area contributed by atoms with Gasteiger partial charge in [0.15, 0.2) is 5.75 Å². The monoisotopic (exact) mass is 373 g/mol. The van der Waals surface area contributed by atoms with Gasteiger partial charge in [0.1, 0.15) is 0 Å². The van der Waals surface area contributed by atoms with Gasteiger partial charge in [-0.25, -0.2) is 0 Å². The van der Waals surface area contributed by atoms with E-state index in [2.05, 4.69) is 10.1 Å². The molecule has 6 heteroatoms. The average Bonchev–Trinajstić information content (AvgIpc) is 2.12. The van der Waals surface area contributed by atoms with Crippen LogP contribution in [0.15, 0.2) is 12.1 Å². The first-order chi connectivity index (χ1) is 8.04. The molecular weight excluding hydrogens is 358 g/mol. The molecule has 1 aromatic carbocycles. The van der Waals surface area contributed by atoms with Crippen molar-refractivity contribution in [3.05, 3.63) is 21.3 Å². The van der Waals surface area contributed by atoms with E-state index in [9.17, 15) is 13.2 Å². The van der Waals surface area contributed by atoms with Crippen molar-refractivity contribution in [1.82, 2.24) is 0 Å². The molecule has 1 rings (SSSR count). The molecule has 0 bridgehead atoms. The number of nitrogens with one attached hydrogen (secondary N) is 1. The number of benzene rings is 1. The largest absolute Gasteiger partial charge is 0.573 e. The second-order valence-electron chi connectivity index (χ2n) is 4.87.